The third kappa shape index (κ3) is 6.92. The summed E-state index contributed by atoms with van der Waals surface area (Å²) in [5, 5.41) is 11.2. The summed E-state index contributed by atoms with van der Waals surface area (Å²) in [6.07, 6.45) is 7.13. The average molecular weight is 609 g/mol. The van der Waals surface area contributed by atoms with Crippen LogP contribution >= 0.6 is 0 Å². The third-order valence-corrected chi connectivity index (χ3v) is 8.43. The van der Waals surface area contributed by atoms with E-state index in [1.54, 1.807) is 17.9 Å². The van der Waals surface area contributed by atoms with E-state index < -0.39 is 0 Å². The van der Waals surface area contributed by atoms with Crippen molar-refractivity contribution in [3.05, 3.63) is 76.1 Å². The first-order chi connectivity index (χ1) is 21.5. The number of carbonyl (C=O) groups is 2. The number of ketones is 1. The minimum atomic E-state index is -0.208. The summed E-state index contributed by atoms with van der Waals surface area (Å²) in [5.41, 5.74) is 8.35. The van der Waals surface area contributed by atoms with Gasteiger partial charge in [0, 0.05) is 36.5 Å². The molecule has 9 nitrogen and oxygen atoms in total. The van der Waals surface area contributed by atoms with Crippen molar-refractivity contribution >= 4 is 29.0 Å². The normalized spacial score (nSPS) is 12.6. The fourth-order valence-corrected chi connectivity index (χ4v) is 5.89. The molecule has 1 aliphatic rings. The average Bonchev–Trinajstić information content (AvgIpc) is 3.23. The number of aryl methyl sites for hydroxylation is 4. The smallest absolute Gasteiger partial charge is 0.276 e. The molecule has 1 amide bonds. The number of aromatic nitrogens is 4. The third-order valence-electron chi connectivity index (χ3n) is 8.43. The molecular formula is C36H44N6O3. The fourth-order valence-electron chi connectivity index (χ4n) is 5.89. The minimum absolute atomic E-state index is 0.0846. The van der Waals surface area contributed by atoms with Gasteiger partial charge in [-0.15, -0.1) is 0 Å². The number of fused-ring (bicyclic) bond motifs is 3. The standard InChI is InChI=1S/C36H44N6O3/c1-8-22-12-10-13-23(9-2)30(22)39-34(44)32-26-15-11-14-25-21-37-35(40-31(25)33(26)42(6)41-32)38-27-17-16-24(20-29(27)45-7)28(43)18-19-36(3,4)5/h10,12-13,16-17,20-21H,8-9,11,14-15,18-19H2,1-7H3,(H,39,44)(H,37,38,40). The van der Waals surface area contributed by atoms with E-state index in [2.05, 4.69) is 62.4 Å². The molecule has 0 radical (unpaired) electrons. The molecule has 0 atom stereocenters. The van der Waals surface area contributed by atoms with Gasteiger partial charge in [0.05, 0.1) is 24.2 Å². The zero-order valence-corrected chi connectivity index (χ0v) is 27.5. The quantitative estimate of drug-likeness (QED) is 0.179. The SMILES string of the molecule is CCc1cccc(CC)c1NC(=O)c1nn(C)c2c1CCCc1cnc(Nc3ccc(C(=O)CCC(C)(C)C)cc3OC)nc1-2. The van der Waals surface area contributed by atoms with E-state index in [-0.39, 0.29) is 17.1 Å². The lowest BCUT2D eigenvalue weighted by molar-refractivity contribution is 0.0964. The van der Waals surface area contributed by atoms with E-state index in [1.165, 1.54) is 0 Å². The molecule has 5 rings (SSSR count). The number of para-hydroxylation sites is 1. The van der Waals surface area contributed by atoms with E-state index in [0.29, 0.717) is 41.5 Å². The zero-order chi connectivity index (χ0) is 32.3. The summed E-state index contributed by atoms with van der Waals surface area (Å²) in [7, 11) is 3.44. The van der Waals surface area contributed by atoms with Crippen LogP contribution < -0.4 is 15.4 Å². The number of hydrogen-bond donors (Lipinski definition) is 2. The molecule has 2 N–H and O–H groups in total. The highest BCUT2D eigenvalue weighted by Gasteiger charge is 2.28. The Kier molecular flexibility index (Phi) is 9.37. The number of nitrogens with zero attached hydrogens (tertiary/aromatic N) is 4. The Morgan fingerprint density at radius 1 is 1.04 bits per heavy atom. The number of hydrogen-bond acceptors (Lipinski definition) is 7. The van der Waals surface area contributed by atoms with E-state index >= 15 is 0 Å². The Hall–Kier alpha value is -4.53. The Bertz CT molecular complexity index is 1710. The van der Waals surface area contributed by atoms with Crippen molar-refractivity contribution in [3.8, 4) is 17.1 Å². The van der Waals surface area contributed by atoms with E-state index in [4.69, 9.17) is 14.8 Å². The van der Waals surface area contributed by atoms with Gasteiger partial charge in [0.25, 0.3) is 5.91 Å². The zero-order valence-electron chi connectivity index (χ0n) is 27.5. The van der Waals surface area contributed by atoms with E-state index in [1.807, 2.05) is 31.4 Å². The van der Waals surface area contributed by atoms with Crippen molar-refractivity contribution < 1.29 is 14.3 Å². The van der Waals surface area contributed by atoms with Gasteiger partial charge < -0.3 is 15.4 Å². The van der Waals surface area contributed by atoms with Crippen molar-refractivity contribution in [2.24, 2.45) is 12.5 Å². The molecule has 45 heavy (non-hydrogen) atoms. The summed E-state index contributed by atoms with van der Waals surface area (Å²) >= 11 is 0. The van der Waals surface area contributed by atoms with Crippen molar-refractivity contribution in [2.75, 3.05) is 17.7 Å². The number of rotatable bonds is 10. The lowest BCUT2D eigenvalue weighted by Gasteiger charge is -2.17. The van der Waals surface area contributed by atoms with E-state index in [9.17, 15) is 9.59 Å². The molecule has 0 bridgehead atoms. The molecule has 1 aliphatic carbocycles. The lowest BCUT2D eigenvalue weighted by Crippen LogP contribution is -2.17. The molecule has 2 aromatic carbocycles. The second-order valence-corrected chi connectivity index (χ2v) is 12.9. The first kappa shape index (κ1) is 31.9. The number of ether oxygens (including phenoxy) is 1. The van der Waals surface area contributed by atoms with Crippen LogP contribution in [0.2, 0.25) is 0 Å². The molecule has 236 valence electrons. The Morgan fingerprint density at radius 2 is 1.78 bits per heavy atom. The summed E-state index contributed by atoms with van der Waals surface area (Å²) in [4.78, 5) is 36.1. The Morgan fingerprint density at radius 3 is 2.44 bits per heavy atom. The van der Waals surface area contributed by atoms with Gasteiger partial charge in [-0.05, 0) is 78.8 Å². The van der Waals surface area contributed by atoms with Crippen LogP contribution in [-0.4, -0.2) is 38.5 Å². The highest BCUT2D eigenvalue weighted by molar-refractivity contribution is 6.05. The maximum absolute atomic E-state index is 13.7. The largest absolute Gasteiger partial charge is 0.495 e. The predicted octanol–water partition coefficient (Wildman–Crippen LogP) is 7.50. The van der Waals surface area contributed by atoms with Gasteiger partial charge in [-0.3, -0.25) is 14.3 Å². The molecule has 0 spiro atoms. The first-order valence-corrected chi connectivity index (χ1v) is 15.9. The highest BCUT2D eigenvalue weighted by Crippen LogP contribution is 2.35. The van der Waals surface area contributed by atoms with E-state index in [0.717, 1.165) is 71.4 Å². The van der Waals surface area contributed by atoms with Crippen molar-refractivity contribution in [1.29, 1.82) is 0 Å². The minimum Gasteiger partial charge on any atom is -0.495 e. The first-order valence-electron chi connectivity index (χ1n) is 15.9. The van der Waals surface area contributed by atoms with Gasteiger partial charge in [-0.2, -0.15) is 5.10 Å². The molecule has 0 saturated heterocycles. The summed E-state index contributed by atoms with van der Waals surface area (Å²) < 4.78 is 7.40. The van der Waals surface area contributed by atoms with Crippen LogP contribution in [0.3, 0.4) is 0 Å². The highest BCUT2D eigenvalue weighted by atomic mass is 16.5. The van der Waals surface area contributed by atoms with Crippen LogP contribution in [0.1, 0.15) is 97.0 Å². The topological polar surface area (TPSA) is 111 Å². The van der Waals surface area contributed by atoms with Gasteiger partial charge in [0.2, 0.25) is 5.95 Å². The number of Topliss-reactive ketones (excluding diaryl/α,β-unsaturated/α-hetero) is 1. The molecule has 9 heteroatoms. The maximum atomic E-state index is 13.7. The lowest BCUT2D eigenvalue weighted by atomic mass is 9.88. The molecular weight excluding hydrogens is 564 g/mol. The van der Waals surface area contributed by atoms with Crippen LogP contribution in [0.4, 0.5) is 17.3 Å². The van der Waals surface area contributed by atoms with Crippen LogP contribution in [0.25, 0.3) is 11.4 Å². The van der Waals surface area contributed by atoms with Crippen molar-refractivity contribution in [1.82, 2.24) is 19.7 Å². The van der Waals surface area contributed by atoms with Gasteiger partial charge in [-0.1, -0.05) is 52.8 Å². The van der Waals surface area contributed by atoms with Gasteiger partial charge in [0.15, 0.2) is 11.5 Å². The molecule has 2 heterocycles. The number of benzene rings is 2. The predicted molar refractivity (Wildman–Crippen MR) is 179 cm³/mol. The van der Waals surface area contributed by atoms with Gasteiger partial charge >= 0.3 is 0 Å². The van der Waals surface area contributed by atoms with Crippen molar-refractivity contribution in [3.63, 3.8) is 0 Å². The summed E-state index contributed by atoms with van der Waals surface area (Å²) in [6, 6.07) is 11.6. The molecule has 0 aliphatic heterocycles. The second-order valence-electron chi connectivity index (χ2n) is 12.9. The maximum Gasteiger partial charge on any atom is 0.276 e. The molecule has 4 aromatic rings. The summed E-state index contributed by atoms with van der Waals surface area (Å²) in [6.45, 7) is 10.6. The Balaban J connectivity index is 1.44. The van der Waals surface area contributed by atoms with Gasteiger partial charge in [0.1, 0.15) is 5.75 Å². The van der Waals surface area contributed by atoms with Crippen LogP contribution in [0.5, 0.6) is 5.75 Å². The Labute approximate surface area is 265 Å². The molecule has 0 fully saturated rings. The summed E-state index contributed by atoms with van der Waals surface area (Å²) in [5.74, 6) is 0.807. The van der Waals surface area contributed by atoms with Crippen LogP contribution in [0.15, 0.2) is 42.6 Å². The van der Waals surface area contributed by atoms with Crippen LogP contribution in [-0.2, 0) is 32.7 Å². The monoisotopic (exact) mass is 608 g/mol. The molecule has 0 unspecified atom stereocenters. The number of carbonyl (C=O) groups excluding carboxylic acids is 2. The van der Waals surface area contributed by atoms with Crippen LogP contribution in [0, 0.1) is 5.41 Å². The number of anilines is 3. The van der Waals surface area contributed by atoms with Crippen molar-refractivity contribution in [2.45, 2.75) is 79.6 Å². The number of methoxy groups -OCH3 is 1. The van der Waals surface area contributed by atoms with Gasteiger partial charge in [-0.25, -0.2) is 9.97 Å². The second kappa shape index (κ2) is 13.2. The number of nitrogens with one attached hydrogen (secondary N) is 2. The fraction of sp³-hybridized carbons (Fsp3) is 0.417. The molecule has 0 saturated carbocycles. The molecule has 2 aromatic heterocycles. The number of amides is 1.